The van der Waals surface area contributed by atoms with Crippen molar-refractivity contribution in [3.63, 3.8) is 0 Å². The Kier molecular flexibility index (Phi) is 2.31. The van der Waals surface area contributed by atoms with Crippen molar-refractivity contribution in [2.75, 3.05) is 12.4 Å². The topological polar surface area (TPSA) is 29.3 Å². The van der Waals surface area contributed by atoms with Crippen LogP contribution >= 0.6 is 0 Å². The zero-order valence-electron chi connectivity index (χ0n) is 7.13. The van der Waals surface area contributed by atoms with Crippen molar-refractivity contribution in [1.29, 1.82) is 0 Å². The number of anilines is 1. The summed E-state index contributed by atoms with van der Waals surface area (Å²) in [6.07, 6.45) is 3.70. The Hall–Kier alpha value is -1.25. The third-order valence-electron chi connectivity index (χ3n) is 1.73. The fourth-order valence-corrected chi connectivity index (χ4v) is 0.895. The molecule has 0 radical (unpaired) electrons. The Bertz CT molecular complexity index is 260. The van der Waals surface area contributed by atoms with E-state index in [0.717, 1.165) is 5.69 Å². The van der Waals surface area contributed by atoms with Gasteiger partial charge in [-0.25, -0.2) is 0 Å². The van der Waals surface area contributed by atoms with Gasteiger partial charge in [-0.3, -0.25) is 4.99 Å². The maximum Gasteiger partial charge on any atom is 0.0864 e. The molecule has 0 aliphatic rings. The van der Waals surface area contributed by atoms with Crippen LogP contribution in [0.1, 0.15) is 5.69 Å². The molecule has 0 atom stereocenters. The average molecular weight is 151 g/mol. The van der Waals surface area contributed by atoms with Crippen LogP contribution in [0.5, 0.6) is 0 Å². The van der Waals surface area contributed by atoms with E-state index in [-0.39, 0.29) is 0 Å². The zero-order valence-corrected chi connectivity index (χ0v) is 7.13. The smallest absolute Gasteiger partial charge is 0.0864 e. The number of nitrogens with zero attached hydrogens (tertiary/aromatic N) is 2. The molecule has 0 amide bonds. The highest BCUT2D eigenvalue weighted by Gasteiger charge is 1.97. The van der Waals surface area contributed by atoms with E-state index in [1.54, 1.807) is 13.4 Å². The second-order valence-electron chi connectivity index (χ2n) is 2.46. The molecule has 1 rings (SSSR count). The molecule has 0 saturated heterocycles. The van der Waals surface area contributed by atoms with Crippen LogP contribution in [0.15, 0.2) is 17.3 Å². The summed E-state index contributed by atoms with van der Waals surface area (Å²) in [5, 5.41) is 3.07. The molecule has 3 heteroatoms. The lowest BCUT2D eigenvalue weighted by atomic mass is 10.4. The summed E-state index contributed by atoms with van der Waals surface area (Å²) in [5.74, 6) is 0. The lowest BCUT2D eigenvalue weighted by Crippen LogP contribution is -1.96. The van der Waals surface area contributed by atoms with Crippen LogP contribution in [0, 0.1) is 6.92 Å². The van der Waals surface area contributed by atoms with Crippen LogP contribution in [-0.2, 0) is 7.05 Å². The van der Waals surface area contributed by atoms with Gasteiger partial charge in [-0.05, 0) is 13.0 Å². The van der Waals surface area contributed by atoms with Crippen LogP contribution < -0.4 is 5.32 Å². The summed E-state index contributed by atoms with van der Waals surface area (Å²) in [4.78, 5) is 3.84. The van der Waals surface area contributed by atoms with E-state index in [2.05, 4.69) is 21.8 Å². The molecule has 0 aliphatic heterocycles. The van der Waals surface area contributed by atoms with Crippen molar-refractivity contribution in [2.45, 2.75) is 6.92 Å². The molecule has 0 fully saturated rings. The Morgan fingerprint density at radius 1 is 1.64 bits per heavy atom. The largest absolute Gasteiger partial charge is 0.353 e. The summed E-state index contributed by atoms with van der Waals surface area (Å²) in [6.45, 7) is 2.06. The van der Waals surface area contributed by atoms with E-state index in [4.69, 9.17) is 0 Å². The second kappa shape index (κ2) is 3.23. The van der Waals surface area contributed by atoms with Gasteiger partial charge < -0.3 is 9.88 Å². The van der Waals surface area contributed by atoms with Gasteiger partial charge >= 0.3 is 0 Å². The Balaban J connectivity index is 2.78. The van der Waals surface area contributed by atoms with Gasteiger partial charge in [0.05, 0.1) is 12.0 Å². The van der Waals surface area contributed by atoms with Crippen molar-refractivity contribution in [3.05, 3.63) is 18.0 Å². The molecular formula is C8H13N3. The average Bonchev–Trinajstić information content (AvgIpc) is 2.31. The third-order valence-corrected chi connectivity index (χ3v) is 1.73. The van der Waals surface area contributed by atoms with Gasteiger partial charge in [-0.15, -0.1) is 0 Å². The van der Waals surface area contributed by atoms with E-state index in [1.807, 2.05) is 19.3 Å². The summed E-state index contributed by atoms with van der Waals surface area (Å²) < 4.78 is 2.06. The molecule has 1 aromatic rings. The van der Waals surface area contributed by atoms with Crippen LogP contribution in [0.25, 0.3) is 0 Å². The summed E-state index contributed by atoms with van der Waals surface area (Å²) in [6, 6.07) is 2.02. The van der Waals surface area contributed by atoms with E-state index in [0.29, 0.717) is 0 Å². The van der Waals surface area contributed by atoms with Gasteiger partial charge in [0, 0.05) is 26.0 Å². The highest BCUT2D eigenvalue weighted by atomic mass is 15.0. The number of nitrogens with one attached hydrogen (secondary N) is 1. The maximum atomic E-state index is 3.84. The number of aromatic nitrogens is 1. The molecule has 1 aromatic heterocycles. The summed E-state index contributed by atoms with van der Waals surface area (Å²) in [5.41, 5.74) is 2.32. The van der Waals surface area contributed by atoms with Crippen molar-refractivity contribution < 1.29 is 0 Å². The zero-order chi connectivity index (χ0) is 8.27. The Labute approximate surface area is 66.8 Å². The van der Waals surface area contributed by atoms with Crippen molar-refractivity contribution in [2.24, 2.45) is 12.0 Å². The van der Waals surface area contributed by atoms with Gasteiger partial charge in [0.25, 0.3) is 0 Å². The molecule has 0 aliphatic carbocycles. The molecule has 60 valence electrons. The van der Waals surface area contributed by atoms with Gasteiger partial charge in [-0.1, -0.05) is 0 Å². The monoisotopic (exact) mass is 151 g/mol. The van der Waals surface area contributed by atoms with Gasteiger partial charge in [0.1, 0.15) is 0 Å². The van der Waals surface area contributed by atoms with E-state index in [1.165, 1.54) is 5.69 Å². The number of aliphatic imine (C=N–C) groups is 1. The molecule has 3 nitrogen and oxygen atoms in total. The van der Waals surface area contributed by atoms with Crippen LogP contribution in [0.2, 0.25) is 0 Å². The minimum Gasteiger partial charge on any atom is -0.353 e. The number of aryl methyl sites for hydroxylation is 1. The number of rotatable bonds is 2. The molecular weight excluding hydrogens is 138 g/mol. The first-order chi connectivity index (χ1) is 5.25. The quantitative estimate of drug-likeness (QED) is 0.502. The first-order valence-electron chi connectivity index (χ1n) is 3.55. The SMILES string of the molecule is CN=CNc1ccn(C)c1C. The van der Waals surface area contributed by atoms with E-state index in [9.17, 15) is 0 Å². The minimum absolute atomic E-state index is 1.11. The lowest BCUT2D eigenvalue weighted by molar-refractivity contribution is 0.884. The predicted molar refractivity (Wildman–Crippen MR) is 48.2 cm³/mol. The number of hydrogen-bond acceptors (Lipinski definition) is 1. The molecule has 0 unspecified atom stereocenters. The minimum atomic E-state index is 1.11. The molecule has 0 aromatic carbocycles. The highest BCUT2D eigenvalue weighted by Crippen LogP contribution is 2.12. The first-order valence-corrected chi connectivity index (χ1v) is 3.55. The second-order valence-corrected chi connectivity index (χ2v) is 2.46. The van der Waals surface area contributed by atoms with E-state index >= 15 is 0 Å². The van der Waals surface area contributed by atoms with Crippen LogP contribution in [0.3, 0.4) is 0 Å². The Morgan fingerprint density at radius 2 is 2.36 bits per heavy atom. The van der Waals surface area contributed by atoms with Crippen molar-refractivity contribution >= 4 is 12.0 Å². The molecule has 1 N–H and O–H groups in total. The predicted octanol–water partition coefficient (Wildman–Crippen LogP) is 1.40. The first kappa shape index (κ1) is 7.85. The fourth-order valence-electron chi connectivity index (χ4n) is 0.895. The summed E-state index contributed by atoms with van der Waals surface area (Å²) in [7, 11) is 3.76. The Morgan fingerprint density at radius 3 is 2.82 bits per heavy atom. The maximum absolute atomic E-state index is 3.84. The van der Waals surface area contributed by atoms with Crippen LogP contribution in [-0.4, -0.2) is 18.0 Å². The lowest BCUT2D eigenvalue weighted by Gasteiger charge is -1.99. The molecule has 1 heterocycles. The normalized spacial score (nSPS) is 10.8. The molecule has 0 bridgehead atoms. The standard InChI is InChI=1S/C8H13N3/c1-7-8(10-6-9-2)4-5-11(7)3/h4-6H,1-3H3,(H,9,10). The molecule has 0 saturated carbocycles. The van der Waals surface area contributed by atoms with Crippen molar-refractivity contribution in [3.8, 4) is 0 Å². The van der Waals surface area contributed by atoms with Gasteiger partial charge in [0.15, 0.2) is 0 Å². The van der Waals surface area contributed by atoms with Gasteiger partial charge in [0.2, 0.25) is 0 Å². The number of hydrogen-bond donors (Lipinski definition) is 1. The fraction of sp³-hybridized carbons (Fsp3) is 0.375. The third kappa shape index (κ3) is 1.61. The molecule has 11 heavy (non-hydrogen) atoms. The van der Waals surface area contributed by atoms with Gasteiger partial charge in [-0.2, -0.15) is 0 Å². The van der Waals surface area contributed by atoms with E-state index < -0.39 is 0 Å². The summed E-state index contributed by atoms with van der Waals surface area (Å²) >= 11 is 0. The highest BCUT2D eigenvalue weighted by molar-refractivity contribution is 5.76. The molecule has 0 spiro atoms. The van der Waals surface area contributed by atoms with Crippen LogP contribution in [0.4, 0.5) is 5.69 Å². The van der Waals surface area contributed by atoms with Crippen molar-refractivity contribution in [1.82, 2.24) is 4.57 Å².